The van der Waals surface area contributed by atoms with Crippen molar-refractivity contribution in [3.63, 3.8) is 0 Å². The molecule has 1 aromatic rings. The number of carbonyl (C=O) groups excluding carboxylic acids is 1. The molecule has 0 aliphatic carbocycles. The molecule has 94 valence electrons. The zero-order chi connectivity index (χ0) is 13.0. The summed E-state index contributed by atoms with van der Waals surface area (Å²) < 4.78 is 0. The van der Waals surface area contributed by atoms with Crippen molar-refractivity contribution in [2.75, 3.05) is 6.54 Å². The summed E-state index contributed by atoms with van der Waals surface area (Å²) in [5.41, 5.74) is 8.78. The van der Waals surface area contributed by atoms with Gasteiger partial charge in [0.05, 0.1) is 0 Å². The largest absolute Gasteiger partial charge is 0.330 e. The molecule has 0 aromatic heterocycles. The zero-order valence-electron chi connectivity index (χ0n) is 11.3. The molecular formula is C15H23NO. The van der Waals surface area contributed by atoms with Gasteiger partial charge in [0, 0.05) is 18.0 Å². The second kappa shape index (κ2) is 5.97. The van der Waals surface area contributed by atoms with Crippen LogP contribution in [0.2, 0.25) is 0 Å². The van der Waals surface area contributed by atoms with Crippen LogP contribution in [-0.4, -0.2) is 12.3 Å². The molecule has 0 spiro atoms. The molecule has 0 saturated carbocycles. The zero-order valence-corrected chi connectivity index (χ0v) is 11.3. The number of hydrogen-bond acceptors (Lipinski definition) is 2. The molecule has 0 amide bonds. The Bertz CT molecular complexity index is 396. The van der Waals surface area contributed by atoms with Gasteiger partial charge in [0.25, 0.3) is 0 Å². The molecule has 17 heavy (non-hydrogen) atoms. The second-order valence-electron chi connectivity index (χ2n) is 5.24. The predicted molar refractivity (Wildman–Crippen MR) is 72.2 cm³/mol. The summed E-state index contributed by atoms with van der Waals surface area (Å²) in [6, 6.07) is 5.97. The summed E-state index contributed by atoms with van der Waals surface area (Å²) in [7, 11) is 0. The predicted octanol–water partition coefficient (Wildman–Crippen LogP) is 3.11. The third-order valence-corrected chi connectivity index (χ3v) is 3.06. The number of rotatable bonds is 5. The van der Waals surface area contributed by atoms with E-state index in [1.54, 1.807) is 0 Å². The van der Waals surface area contributed by atoms with E-state index in [1.165, 1.54) is 5.56 Å². The van der Waals surface area contributed by atoms with Crippen LogP contribution in [-0.2, 0) is 0 Å². The molecule has 0 saturated heterocycles. The van der Waals surface area contributed by atoms with E-state index in [2.05, 4.69) is 19.9 Å². The van der Waals surface area contributed by atoms with Crippen LogP contribution in [0.3, 0.4) is 0 Å². The van der Waals surface area contributed by atoms with Gasteiger partial charge >= 0.3 is 0 Å². The van der Waals surface area contributed by atoms with Gasteiger partial charge in [-0.3, -0.25) is 4.79 Å². The molecule has 0 heterocycles. The molecule has 0 bridgehead atoms. The van der Waals surface area contributed by atoms with Gasteiger partial charge < -0.3 is 5.73 Å². The number of carbonyl (C=O) groups is 1. The first kappa shape index (κ1) is 13.9. The molecular weight excluding hydrogens is 210 g/mol. The first-order chi connectivity index (χ1) is 7.95. The highest BCUT2D eigenvalue weighted by molar-refractivity contribution is 5.99. The lowest BCUT2D eigenvalue weighted by molar-refractivity contribution is 0.0908. The highest BCUT2D eigenvalue weighted by atomic mass is 16.1. The number of aryl methyl sites for hydroxylation is 2. The lowest BCUT2D eigenvalue weighted by atomic mass is 9.88. The van der Waals surface area contributed by atoms with E-state index in [-0.39, 0.29) is 11.7 Å². The van der Waals surface area contributed by atoms with Crippen LogP contribution in [0.25, 0.3) is 0 Å². The fourth-order valence-corrected chi connectivity index (χ4v) is 2.19. The SMILES string of the molecule is Cc1ccc(C(=O)C(CN)CC(C)C)c(C)c1. The van der Waals surface area contributed by atoms with E-state index in [1.807, 2.05) is 26.0 Å². The Morgan fingerprint density at radius 1 is 1.29 bits per heavy atom. The van der Waals surface area contributed by atoms with Crippen LogP contribution in [0.4, 0.5) is 0 Å². The summed E-state index contributed by atoms with van der Waals surface area (Å²) in [4.78, 5) is 12.4. The summed E-state index contributed by atoms with van der Waals surface area (Å²) in [6.07, 6.45) is 0.864. The minimum atomic E-state index is -0.0450. The molecule has 1 atom stereocenters. The molecule has 0 radical (unpaired) electrons. The van der Waals surface area contributed by atoms with Crippen molar-refractivity contribution in [2.24, 2.45) is 17.6 Å². The van der Waals surface area contributed by atoms with E-state index in [4.69, 9.17) is 5.73 Å². The second-order valence-corrected chi connectivity index (χ2v) is 5.24. The average Bonchev–Trinajstić information content (AvgIpc) is 2.24. The highest BCUT2D eigenvalue weighted by Gasteiger charge is 2.20. The van der Waals surface area contributed by atoms with Crippen molar-refractivity contribution < 1.29 is 4.79 Å². The van der Waals surface area contributed by atoms with Gasteiger partial charge in [-0.15, -0.1) is 0 Å². The maximum absolute atomic E-state index is 12.4. The lowest BCUT2D eigenvalue weighted by Crippen LogP contribution is -2.26. The first-order valence-electron chi connectivity index (χ1n) is 6.27. The summed E-state index contributed by atoms with van der Waals surface area (Å²) >= 11 is 0. The Kier molecular flexibility index (Phi) is 4.88. The molecule has 0 aliphatic rings. The fraction of sp³-hybridized carbons (Fsp3) is 0.533. The van der Waals surface area contributed by atoms with E-state index in [0.717, 1.165) is 17.5 Å². The third kappa shape index (κ3) is 3.67. The Morgan fingerprint density at radius 3 is 2.41 bits per heavy atom. The monoisotopic (exact) mass is 233 g/mol. The Morgan fingerprint density at radius 2 is 1.94 bits per heavy atom. The van der Waals surface area contributed by atoms with Crippen LogP contribution in [0.5, 0.6) is 0 Å². The van der Waals surface area contributed by atoms with E-state index in [9.17, 15) is 4.79 Å². The smallest absolute Gasteiger partial charge is 0.167 e. The van der Waals surface area contributed by atoms with Crippen LogP contribution >= 0.6 is 0 Å². The van der Waals surface area contributed by atoms with Crippen molar-refractivity contribution in [1.82, 2.24) is 0 Å². The van der Waals surface area contributed by atoms with Gasteiger partial charge in [0.2, 0.25) is 0 Å². The van der Waals surface area contributed by atoms with Gasteiger partial charge in [-0.1, -0.05) is 37.6 Å². The average molecular weight is 233 g/mol. The summed E-state index contributed by atoms with van der Waals surface area (Å²) in [5.74, 6) is 0.647. The molecule has 2 heteroatoms. The van der Waals surface area contributed by atoms with E-state index >= 15 is 0 Å². The Balaban J connectivity index is 2.93. The molecule has 1 unspecified atom stereocenters. The van der Waals surface area contributed by atoms with Crippen LogP contribution in [0.15, 0.2) is 18.2 Å². The fourth-order valence-electron chi connectivity index (χ4n) is 2.19. The van der Waals surface area contributed by atoms with Crippen LogP contribution in [0, 0.1) is 25.7 Å². The Hall–Kier alpha value is -1.15. The molecule has 1 aromatic carbocycles. The van der Waals surface area contributed by atoms with E-state index < -0.39 is 0 Å². The normalized spacial score (nSPS) is 12.8. The van der Waals surface area contributed by atoms with Crippen molar-refractivity contribution in [3.8, 4) is 0 Å². The minimum absolute atomic E-state index is 0.0450. The highest BCUT2D eigenvalue weighted by Crippen LogP contribution is 2.19. The number of Topliss-reactive ketones (excluding diaryl/α,β-unsaturated/α-hetero) is 1. The maximum Gasteiger partial charge on any atom is 0.167 e. The Labute approximate surface area is 104 Å². The number of hydrogen-bond donors (Lipinski definition) is 1. The van der Waals surface area contributed by atoms with Gasteiger partial charge in [-0.25, -0.2) is 0 Å². The van der Waals surface area contributed by atoms with Gasteiger partial charge in [-0.2, -0.15) is 0 Å². The maximum atomic E-state index is 12.4. The van der Waals surface area contributed by atoms with Crippen LogP contribution in [0.1, 0.15) is 41.8 Å². The van der Waals surface area contributed by atoms with Crippen molar-refractivity contribution in [2.45, 2.75) is 34.1 Å². The molecule has 0 fully saturated rings. The summed E-state index contributed by atoms with van der Waals surface area (Å²) in [6.45, 7) is 8.71. The summed E-state index contributed by atoms with van der Waals surface area (Å²) in [5, 5.41) is 0. The molecule has 2 nitrogen and oxygen atoms in total. The standard InChI is InChI=1S/C15H23NO/c1-10(2)7-13(9-16)15(17)14-6-5-11(3)8-12(14)4/h5-6,8,10,13H,7,9,16H2,1-4H3. The minimum Gasteiger partial charge on any atom is -0.330 e. The molecule has 0 aliphatic heterocycles. The molecule has 1 rings (SSSR count). The number of ketones is 1. The van der Waals surface area contributed by atoms with Gasteiger partial charge in [0.1, 0.15) is 0 Å². The molecule has 2 N–H and O–H groups in total. The van der Waals surface area contributed by atoms with Crippen LogP contribution < -0.4 is 5.73 Å². The van der Waals surface area contributed by atoms with Gasteiger partial charge in [0.15, 0.2) is 5.78 Å². The number of nitrogens with two attached hydrogens (primary N) is 1. The quantitative estimate of drug-likeness (QED) is 0.794. The first-order valence-corrected chi connectivity index (χ1v) is 6.27. The van der Waals surface area contributed by atoms with E-state index in [0.29, 0.717) is 12.5 Å². The number of benzene rings is 1. The van der Waals surface area contributed by atoms with Crippen molar-refractivity contribution in [1.29, 1.82) is 0 Å². The third-order valence-electron chi connectivity index (χ3n) is 3.06. The topological polar surface area (TPSA) is 43.1 Å². The van der Waals surface area contributed by atoms with Crippen molar-refractivity contribution >= 4 is 5.78 Å². The lowest BCUT2D eigenvalue weighted by Gasteiger charge is -2.17. The van der Waals surface area contributed by atoms with Gasteiger partial charge in [-0.05, 0) is 31.7 Å². The van der Waals surface area contributed by atoms with Crippen molar-refractivity contribution in [3.05, 3.63) is 34.9 Å².